The Labute approximate surface area is 212 Å². The molecule has 1 aliphatic rings. The molecule has 1 aliphatic carbocycles. The molecule has 0 aliphatic heterocycles. The summed E-state index contributed by atoms with van der Waals surface area (Å²) in [5.41, 5.74) is 3.25. The van der Waals surface area contributed by atoms with Crippen LogP contribution in [0, 0.1) is 24.2 Å². The number of thioether (sulfide) groups is 1. The minimum atomic E-state index is -3.80. The molecule has 0 radical (unpaired) electrons. The van der Waals surface area contributed by atoms with E-state index in [1.807, 2.05) is 6.07 Å². The van der Waals surface area contributed by atoms with E-state index in [-0.39, 0.29) is 22.4 Å². The van der Waals surface area contributed by atoms with Crippen molar-refractivity contribution in [2.45, 2.75) is 49.5 Å². The van der Waals surface area contributed by atoms with Gasteiger partial charge in [0.25, 0.3) is 10.0 Å². The van der Waals surface area contributed by atoms with Crippen LogP contribution >= 0.6 is 23.1 Å². The third-order valence-corrected chi connectivity index (χ3v) is 8.71. The van der Waals surface area contributed by atoms with E-state index in [9.17, 15) is 18.5 Å². The fraction of sp³-hybridized carbons (Fsp3) is 0.348. The van der Waals surface area contributed by atoms with E-state index in [4.69, 9.17) is 4.98 Å². The number of carbonyl (C=O) groups is 1. The lowest BCUT2D eigenvalue weighted by Gasteiger charge is -2.21. The topological polar surface area (TPSA) is 138 Å². The first-order valence-electron chi connectivity index (χ1n) is 11.0. The SMILES string of the molecule is Cc1nnc(NS(=O)(=O)c2ccc(NC(=O)CCSc3nc4c(cc3C#N)CC(C)CC4)cc2)s1. The highest BCUT2D eigenvalue weighted by molar-refractivity contribution is 7.99. The molecule has 1 unspecified atom stereocenters. The minimum absolute atomic E-state index is 0.0517. The highest BCUT2D eigenvalue weighted by Crippen LogP contribution is 2.29. The number of rotatable bonds is 8. The summed E-state index contributed by atoms with van der Waals surface area (Å²) in [6, 6.07) is 10.1. The quantitative estimate of drug-likeness (QED) is 0.416. The predicted molar refractivity (Wildman–Crippen MR) is 136 cm³/mol. The Morgan fingerprint density at radius 1 is 1.29 bits per heavy atom. The molecule has 182 valence electrons. The van der Waals surface area contributed by atoms with E-state index < -0.39 is 10.0 Å². The molecule has 0 saturated heterocycles. The maximum absolute atomic E-state index is 12.5. The van der Waals surface area contributed by atoms with E-state index in [2.05, 4.69) is 33.2 Å². The van der Waals surface area contributed by atoms with Gasteiger partial charge in [0.15, 0.2) is 0 Å². The van der Waals surface area contributed by atoms with Gasteiger partial charge in [0.05, 0.1) is 10.5 Å². The van der Waals surface area contributed by atoms with E-state index in [0.29, 0.717) is 33.0 Å². The van der Waals surface area contributed by atoms with Gasteiger partial charge in [-0.2, -0.15) is 5.26 Å². The number of carbonyl (C=O) groups excluding carboxylic acids is 1. The normalized spacial score (nSPS) is 15.2. The zero-order chi connectivity index (χ0) is 25.0. The first-order chi connectivity index (χ1) is 16.7. The fourth-order valence-electron chi connectivity index (χ4n) is 3.71. The smallest absolute Gasteiger partial charge is 0.263 e. The monoisotopic (exact) mass is 528 g/mol. The molecule has 3 aromatic rings. The van der Waals surface area contributed by atoms with Gasteiger partial charge in [-0.1, -0.05) is 18.3 Å². The summed E-state index contributed by atoms with van der Waals surface area (Å²) in [7, 11) is -3.80. The van der Waals surface area contributed by atoms with Gasteiger partial charge in [-0.15, -0.1) is 22.0 Å². The minimum Gasteiger partial charge on any atom is -0.326 e. The summed E-state index contributed by atoms with van der Waals surface area (Å²) in [6.07, 6.45) is 3.18. The van der Waals surface area contributed by atoms with Crippen molar-refractivity contribution in [2.24, 2.45) is 5.92 Å². The number of amides is 1. The highest BCUT2D eigenvalue weighted by atomic mass is 32.2. The van der Waals surface area contributed by atoms with Crippen LogP contribution in [-0.2, 0) is 27.7 Å². The number of anilines is 2. The Morgan fingerprint density at radius 3 is 2.74 bits per heavy atom. The third kappa shape index (κ3) is 6.36. The fourth-order valence-corrected chi connectivity index (χ4v) is 6.45. The second-order valence-corrected chi connectivity index (χ2v) is 12.3. The molecule has 1 atom stereocenters. The van der Waals surface area contributed by atoms with Crippen LogP contribution in [0.25, 0.3) is 0 Å². The molecule has 2 aromatic heterocycles. The number of nitrogens with zero attached hydrogens (tertiary/aromatic N) is 4. The predicted octanol–water partition coefficient (Wildman–Crippen LogP) is 4.16. The summed E-state index contributed by atoms with van der Waals surface area (Å²) in [4.78, 5) is 17.2. The molecule has 2 N–H and O–H groups in total. The summed E-state index contributed by atoms with van der Waals surface area (Å²) in [6.45, 7) is 3.94. The van der Waals surface area contributed by atoms with Gasteiger partial charge < -0.3 is 5.32 Å². The first kappa shape index (κ1) is 25.1. The van der Waals surface area contributed by atoms with Crippen molar-refractivity contribution in [3.63, 3.8) is 0 Å². The standard InChI is InChI=1S/C23H24N6O3S3/c1-14-3-8-20-16(11-14)12-17(13-24)22(26-20)33-10-9-21(30)25-18-4-6-19(7-5-18)35(31,32)29-23-28-27-15(2)34-23/h4-7,12,14H,3,8-11H2,1-2H3,(H,25,30)(H,28,29). The van der Waals surface area contributed by atoms with Crippen molar-refractivity contribution in [2.75, 3.05) is 15.8 Å². The molecule has 35 heavy (non-hydrogen) atoms. The summed E-state index contributed by atoms with van der Waals surface area (Å²) >= 11 is 2.54. The van der Waals surface area contributed by atoms with Gasteiger partial charge in [0.1, 0.15) is 16.1 Å². The van der Waals surface area contributed by atoms with Crippen LogP contribution in [0.1, 0.15) is 41.6 Å². The van der Waals surface area contributed by atoms with E-state index in [1.54, 1.807) is 6.92 Å². The van der Waals surface area contributed by atoms with Crippen molar-refractivity contribution in [3.05, 3.63) is 52.2 Å². The molecular formula is C23H24N6O3S3. The number of hydrogen-bond acceptors (Lipinski definition) is 9. The van der Waals surface area contributed by atoms with Gasteiger partial charge in [-0.3, -0.25) is 9.52 Å². The van der Waals surface area contributed by atoms with Crippen LogP contribution in [0.4, 0.5) is 10.8 Å². The molecular weight excluding hydrogens is 504 g/mol. The average molecular weight is 529 g/mol. The lowest BCUT2D eigenvalue weighted by molar-refractivity contribution is -0.115. The average Bonchev–Trinajstić information content (AvgIpc) is 3.22. The number of fused-ring (bicyclic) bond motifs is 1. The zero-order valence-electron chi connectivity index (χ0n) is 19.2. The van der Waals surface area contributed by atoms with Gasteiger partial charge in [0.2, 0.25) is 11.0 Å². The molecule has 0 spiro atoms. The van der Waals surface area contributed by atoms with Gasteiger partial charge in [-0.05, 0) is 68.0 Å². The second-order valence-electron chi connectivity index (χ2n) is 8.31. The number of aromatic nitrogens is 3. The largest absolute Gasteiger partial charge is 0.326 e. The molecule has 12 heteroatoms. The Morgan fingerprint density at radius 2 is 2.06 bits per heavy atom. The number of nitrogens with one attached hydrogen (secondary N) is 2. The Hall–Kier alpha value is -3.01. The van der Waals surface area contributed by atoms with Crippen LogP contribution in [0.5, 0.6) is 0 Å². The Kier molecular flexibility index (Phi) is 7.69. The van der Waals surface area contributed by atoms with E-state index in [0.717, 1.165) is 41.9 Å². The number of pyridine rings is 1. The number of benzene rings is 1. The molecule has 0 fully saturated rings. The van der Waals surface area contributed by atoms with Crippen LogP contribution in [0.3, 0.4) is 0 Å². The van der Waals surface area contributed by atoms with Crippen LogP contribution in [0.15, 0.2) is 40.3 Å². The highest BCUT2D eigenvalue weighted by Gasteiger charge is 2.20. The number of nitriles is 1. The Bertz CT molecular complexity index is 1380. The lowest BCUT2D eigenvalue weighted by Crippen LogP contribution is -2.15. The van der Waals surface area contributed by atoms with Crippen LogP contribution in [0.2, 0.25) is 0 Å². The van der Waals surface area contributed by atoms with Gasteiger partial charge in [-0.25, -0.2) is 13.4 Å². The molecule has 0 saturated carbocycles. The van der Waals surface area contributed by atoms with Crippen molar-refractivity contribution >= 4 is 49.8 Å². The van der Waals surface area contributed by atoms with E-state index in [1.165, 1.54) is 36.0 Å². The van der Waals surface area contributed by atoms with Crippen molar-refractivity contribution in [1.29, 1.82) is 5.26 Å². The second kappa shape index (κ2) is 10.7. The Balaban J connectivity index is 1.31. The van der Waals surface area contributed by atoms with E-state index >= 15 is 0 Å². The summed E-state index contributed by atoms with van der Waals surface area (Å²) in [5.74, 6) is 0.865. The molecule has 1 aromatic carbocycles. The van der Waals surface area contributed by atoms with Crippen molar-refractivity contribution < 1.29 is 13.2 Å². The molecule has 0 bridgehead atoms. The number of hydrogen-bond donors (Lipinski definition) is 2. The van der Waals surface area contributed by atoms with Crippen molar-refractivity contribution in [3.8, 4) is 6.07 Å². The van der Waals surface area contributed by atoms with Gasteiger partial charge in [0, 0.05) is 23.6 Å². The zero-order valence-corrected chi connectivity index (χ0v) is 21.7. The summed E-state index contributed by atoms with van der Waals surface area (Å²) in [5, 5.41) is 21.4. The van der Waals surface area contributed by atoms with Crippen LogP contribution in [-0.4, -0.2) is 35.3 Å². The molecule has 2 heterocycles. The maximum Gasteiger partial charge on any atom is 0.263 e. The molecule has 4 rings (SSSR count). The first-order valence-corrected chi connectivity index (χ1v) is 14.3. The van der Waals surface area contributed by atoms with Crippen LogP contribution < -0.4 is 10.0 Å². The molecule has 1 amide bonds. The lowest BCUT2D eigenvalue weighted by atomic mass is 9.87. The maximum atomic E-state index is 12.5. The third-order valence-electron chi connectivity index (χ3n) is 5.48. The number of aryl methyl sites for hydroxylation is 2. The summed E-state index contributed by atoms with van der Waals surface area (Å²) < 4.78 is 27.4. The number of sulfonamides is 1. The van der Waals surface area contributed by atoms with Crippen molar-refractivity contribution in [1.82, 2.24) is 15.2 Å². The van der Waals surface area contributed by atoms with Gasteiger partial charge >= 0.3 is 0 Å². The molecule has 9 nitrogen and oxygen atoms in total.